The second-order valence-electron chi connectivity index (χ2n) is 7.32. The Hall–Kier alpha value is -3.08. The van der Waals surface area contributed by atoms with Crippen LogP contribution in [0.2, 0.25) is 0 Å². The van der Waals surface area contributed by atoms with Gasteiger partial charge in [0.1, 0.15) is 18.1 Å². The molecule has 0 spiro atoms. The number of likely N-dealkylation sites (N-methyl/N-ethyl adjacent to an activating group) is 1. The Morgan fingerprint density at radius 2 is 1.86 bits per heavy atom. The maximum absolute atomic E-state index is 13.1. The molecular formula is C23H25N3O2. The van der Waals surface area contributed by atoms with Crippen molar-refractivity contribution < 1.29 is 9.53 Å². The van der Waals surface area contributed by atoms with Crippen LogP contribution in [0.25, 0.3) is 5.69 Å². The Morgan fingerprint density at radius 1 is 1.14 bits per heavy atom. The Bertz CT molecular complexity index is 961. The summed E-state index contributed by atoms with van der Waals surface area (Å²) in [6.07, 6.45) is 2.30. The molecule has 4 rings (SSSR count). The SMILES string of the molecule is Cc1ccccc1OCCN(C)C(=O)c1cc(C2CC2)nn1-c1ccccc1. The molecule has 0 bridgehead atoms. The molecule has 3 aromatic rings. The van der Waals surface area contributed by atoms with Crippen LogP contribution in [0, 0.1) is 6.92 Å². The number of para-hydroxylation sites is 2. The first kappa shape index (κ1) is 18.3. The highest BCUT2D eigenvalue weighted by Crippen LogP contribution is 2.39. The predicted octanol–water partition coefficient (Wildman–Crippen LogP) is 4.21. The number of benzene rings is 2. The van der Waals surface area contributed by atoms with Gasteiger partial charge < -0.3 is 9.64 Å². The molecule has 0 radical (unpaired) electrons. The summed E-state index contributed by atoms with van der Waals surface area (Å²) in [6, 6.07) is 19.7. The largest absolute Gasteiger partial charge is 0.491 e. The molecule has 5 nitrogen and oxygen atoms in total. The van der Waals surface area contributed by atoms with E-state index >= 15 is 0 Å². The zero-order valence-corrected chi connectivity index (χ0v) is 16.3. The quantitative estimate of drug-likeness (QED) is 0.621. The van der Waals surface area contributed by atoms with E-state index in [2.05, 4.69) is 0 Å². The summed E-state index contributed by atoms with van der Waals surface area (Å²) in [5.74, 6) is 1.30. The summed E-state index contributed by atoms with van der Waals surface area (Å²) in [5, 5.41) is 4.72. The lowest BCUT2D eigenvalue weighted by molar-refractivity contribution is 0.0764. The van der Waals surface area contributed by atoms with Crippen molar-refractivity contribution in [1.82, 2.24) is 14.7 Å². The molecule has 0 aliphatic heterocycles. The maximum atomic E-state index is 13.1. The lowest BCUT2D eigenvalue weighted by atomic mass is 10.2. The van der Waals surface area contributed by atoms with Gasteiger partial charge in [0.2, 0.25) is 0 Å². The summed E-state index contributed by atoms with van der Waals surface area (Å²) < 4.78 is 7.62. The van der Waals surface area contributed by atoms with E-state index in [0.717, 1.165) is 35.5 Å². The van der Waals surface area contributed by atoms with Crippen molar-refractivity contribution in [2.45, 2.75) is 25.7 Å². The highest BCUT2D eigenvalue weighted by atomic mass is 16.5. The van der Waals surface area contributed by atoms with Crippen LogP contribution in [0.4, 0.5) is 0 Å². The Morgan fingerprint density at radius 3 is 2.57 bits per heavy atom. The molecule has 1 fully saturated rings. The van der Waals surface area contributed by atoms with E-state index in [9.17, 15) is 4.79 Å². The summed E-state index contributed by atoms with van der Waals surface area (Å²) in [5.41, 5.74) is 3.61. The second kappa shape index (κ2) is 7.89. The maximum Gasteiger partial charge on any atom is 0.272 e. The van der Waals surface area contributed by atoms with Gasteiger partial charge >= 0.3 is 0 Å². The fourth-order valence-corrected chi connectivity index (χ4v) is 3.20. The molecule has 1 aliphatic rings. The monoisotopic (exact) mass is 375 g/mol. The molecule has 28 heavy (non-hydrogen) atoms. The van der Waals surface area contributed by atoms with E-state index in [1.54, 1.807) is 9.58 Å². The van der Waals surface area contributed by atoms with Crippen LogP contribution in [-0.4, -0.2) is 40.8 Å². The molecule has 1 aromatic heterocycles. The predicted molar refractivity (Wildman–Crippen MR) is 109 cm³/mol. The molecule has 1 aliphatic carbocycles. The van der Waals surface area contributed by atoms with Crippen molar-refractivity contribution in [3.8, 4) is 11.4 Å². The molecule has 2 aromatic carbocycles. The minimum atomic E-state index is -0.0448. The molecule has 1 saturated carbocycles. The van der Waals surface area contributed by atoms with Crippen LogP contribution < -0.4 is 4.74 Å². The third kappa shape index (κ3) is 3.93. The first-order valence-electron chi connectivity index (χ1n) is 9.73. The van der Waals surface area contributed by atoms with Gasteiger partial charge in [-0.1, -0.05) is 36.4 Å². The van der Waals surface area contributed by atoms with E-state index in [1.165, 1.54) is 0 Å². The fourth-order valence-electron chi connectivity index (χ4n) is 3.20. The lowest BCUT2D eigenvalue weighted by Gasteiger charge is -2.18. The number of nitrogens with zero attached hydrogens (tertiary/aromatic N) is 3. The van der Waals surface area contributed by atoms with E-state index in [4.69, 9.17) is 9.84 Å². The molecule has 0 atom stereocenters. The van der Waals surface area contributed by atoms with Gasteiger partial charge in [0.25, 0.3) is 5.91 Å². The first-order valence-corrected chi connectivity index (χ1v) is 9.73. The average Bonchev–Trinajstić information content (AvgIpc) is 3.48. The minimum Gasteiger partial charge on any atom is -0.491 e. The zero-order valence-electron chi connectivity index (χ0n) is 16.3. The third-order valence-electron chi connectivity index (χ3n) is 5.07. The van der Waals surface area contributed by atoms with E-state index in [0.29, 0.717) is 24.8 Å². The van der Waals surface area contributed by atoms with Gasteiger partial charge in [0.15, 0.2) is 0 Å². The van der Waals surface area contributed by atoms with Gasteiger partial charge in [0.05, 0.1) is 17.9 Å². The van der Waals surface area contributed by atoms with Crippen molar-refractivity contribution in [3.05, 3.63) is 77.6 Å². The fraction of sp³-hybridized carbons (Fsp3) is 0.304. The molecule has 1 heterocycles. The highest BCUT2D eigenvalue weighted by Gasteiger charge is 2.29. The van der Waals surface area contributed by atoms with Gasteiger partial charge in [-0.3, -0.25) is 4.79 Å². The number of hydrogen-bond acceptors (Lipinski definition) is 3. The molecule has 0 saturated heterocycles. The van der Waals surface area contributed by atoms with Crippen molar-refractivity contribution in [2.24, 2.45) is 0 Å². The third-order valence-corrected chi connectivity index (χ3v) is 5.07. The van der Waals surface area contributed by atoms with Crippen LogP contribution in [0.3, 0.4) is 0 Å². The van der Waals surface area contributed by atoms with Crippen LogP contribution in [0.5, 0.6) is 5.75 Å². The number of carbonyl (C=O) groups excluding carboxylic acids is 1. The van der Waals surface area contributed by atoms with Gasteiger partial charge in [-0.05, 0) is 49.6 Å². The smallest absolute Gasteiger partial charge is 0.272 e. The van der Waals surface area contributed by atoms with E-state index in [-0.39, 0.29) is 5.91 Å². The number of aryl methyl sites for hydroxylation is 1. The van der Waals surface area contributed by atoms with Crippen LogP contribution in [0.15, 0.2) is 60.7 Å². The van der Waals surface area contributed by atoms with Crippen molar-refractivity contribution in [3.63, 3.8) is 0 Å². The Labute approximate surface area is 165 Å². The molecular weight excluding hydrogens is 350 g/mol. The Balaban J connectivity index is 1.48. The van der Waals surface area contributed by atoms with E-state index < -0.39 is 0 Å². The van der Waals surface area contributed by atoms with Gasteiger partial charge in [0, 0.05) is 13.0 Å². The molecule has 5 heteroatoms. The molecule has 0 N–H and O–H groups in total. The van der Waals surface area contributed by atoms with Crippen molar-refractivity contribution in [2.75, 3.05) is 20.2 Å². The summed E-state index contributed by atoms with van der Waals surface area (Å²) in [4.78, 5) is 14.8. The Kier molecular flexibility index (Phi) is 5.15. The van der Waals surface area contributed by atoms with E-state index in [1.807, 2.05) is 74.6 Å². The summed E-state index contributed by atoms with van der Waals surface area (Å²) in [7, 11) is 1.81. The number of carbonyl (C=O) groups is 1. The topological polar surface area (TPSA) is 47.4 Å². The highest BCUT2D eigenvalue weighted by molar-refractivity contribution is 5.93. The second-order valence-corrected chi connectivity index (χ2v) is 7.32. The van der Waals surface area contributed by atoms with Crippen LogP contribution in [0.1, 0.15) is 40.5 Å². The number of hydrogen-bond donors (Lipinski definition) is 0. The van der Waals surface area contributed by atoms with Crippen LogP contribution >= 0.6 is 0 Å². The van der Waals surface area contributed by atoms with Gasteiger partial charge in [-0.2, -0.15) is 5.10 Å². The molecule has 144 valence electrons. The van der Waals surface area contributed by atoms with Crippen molar-refractivity contribution >= 4 is 5.91 Å². The van der Waals surface area contributed by atoms with Gasteiger partial charge in [-0.25, -0.2) is 4.68 Å². The number of ether oxygens (including phenoxy) is 1. The average molecular weight is 375 g/mol. The lowest BCUT2D eigenvalue weighted by Crippen LogP contribution is -2.32. The summed E-state index contributed by atoms with van der Waals surface area (Å²) >= 11 is 0. The summed E-state index contributed by atoms with van der Waals surface area (Å²) in [6.45, 7) is 2.97. The minimum absolute atomic E-state index is 0.0448. The van der Waals surface area contributed by atoms with Crippen LogP contribution in [-0.2, 0) is 0 Å². The number of aromatic nitrogens is 2. The van der Waals surface area contributed by atoms with Crippen molar-refractivity contribution in [1.29, 1.82) is 0 Å². The van der Waals surface area contributed by atoms with Gasteiger partial charge in [-0.15, -0.1) is 0 Å². The molecule has 1 amide bonds. The standard InChI is InChI=1S/C23H25N3O2/c1-17-8-6-7-11-22(17)28-15-14-25(2)23(27)21-16-20(18-12-13-18)24-26(21)19-9-4-3-5-10-19/h3-11,16,18H,12-15H2,1-2H3. The number of amides is 1. The first-order chi connectivity index (χ1) is 13.6. The molecule has 0 unspecified atom stereocenters. The zero-order chi connectivity index (χ0) is 19.5. The number of rotatable bonds is 7. The normalized spacial score (nSPS) is 13.4.